The van der Waals surface area contributed by atoms with Crippen LogP contribution in [0.5, 0.6) is 0 Å². The SMILES string of the molecule is C=C/C(Cl)=C(F)\C=C/C[C@H]1CNC[C@H]1/C=C/C(F)=C(Cl)\C=C(/C)NC=O.CC(C)(C)C.O=CNCCCN1CCC(CO)CC1. The van der Waals surface area contributed by atoms with Crippen molar-refractivity contribution in [2.24, 2.45) is 23.2 Å². The van der Waals surface area contributed by atoms with Crippen molar-refractivity contribution >= 4 is 36.0 Å². The summed E-state index contributed by atoms with van der Waals surface area (Å²) in [5.41, 5.74) is 0.937. The van der Waals surface area contributed by atoms with E-state index in [9.17, 15) is 18.4 Å². The second-order valence-electron chi connectivity index (χ2n) is 12.7. The van der Waals surface area contributed by atoms with Gasteiger partial charge in [0.1, 0.15) is 11.7 Å². The van der Waals surface area contributed by atoms with Gasteiger partial charge in [0, 0.05) is 25.4 Å². The van der Waals surface area contributed by atoms with Crippen LogP contribution in [0, 0.1) is 23.2 Å². The average Bonchev–Trinajstić information content (AvgIpc) is 3.44. The molecule has 0 aliphatic carbocycles. The Labute approximate surface area is 279 Å². The van der Waals surface area contributed by atoms with Crippen LogP contribution < -0.4 is 16.0 Å². The average molecular weight is 676 g/mol. The maximum Gasteiger partial charge on any atom is 0.211 e. The maximum absolute atomic E-state index is 14.0. The van der Waals surface area contributed by atoms with Gasteiger partial charge in [-0.2, -0.15) is 0 Å². The van der Waals surface area contributed by atoms with Gasteiger partial charge in [-0.05, 0) is 106 Å². The first-order valence-electron chi connectivity index (χ1n) is 15.4. The van der Waals surface area contributed by atoms with E-state index in [0.29, 0.717) is 43.0 Å². The van der Waals surface area contributed by atoms with Crippen molar-refractivity contribution in [2.75, 3.05) is 45.9 Å². The fourth-order valence-corrected chi connectivity index (χ4v) is 4.59. The summed E-state index contributed by atoms with van der Waals surface area (Å²) in [6, 6.07) is 0. The fourth-order valence-electron chi connectivity index (χ4n) is 4.30. The van der Waals surface area contributed by atoms with Gasteiger partial charge in [0.15, 0.2) is 0 Å². The third-order valence-electron chi connectivity index (χ3n) is 6.69. The Morgan fingerprint density at radius 2 is 1.67 bits per heavy atom. The molecule has 0 saturated carbocycles. The third kappa shape index (κ3) is 22.8. The minimum Gasteiger partial charge on any atom is -0.396 e. The fraction of sp³-hybridized carbons (Fsp3) is 0.588. The van der Waals surface area contributed by atoms with Crippen molar-refractivity contribution in [2.45, 2.75) is 60.3 Å². The Bertz CT molecular complexity index is 1020. The van der Waals surface area contributed by atoms with Crippen molar-refractivity contribution in [1.82, 2.24) is 20.9 Å². The molecule has 11 heteroatoms. The highest BCUT2D eigenvalue weighted by Crippen LogP contribution is 2.25. The lowest BCUT2D eigenvalue weighted by Gasteiger charge is -2.30. The molecule has 2 rings (SSSR count). The molecule has 2 saturated heterocycles. The van der Waals surface area contributed by atoms with E-state index < -0.39 is 11.7 Å². The number of hydrogen-bond donors (Lipinski definition) is 4. The van der Waals surface area contributed by atoms with Crippen LogP contribution in [-0.4, -0.2) is 68.7 Å². The molecule has 2 heterocycles. The monoisotopic (exact) mass is 674 g/mol. The topological polar surface area (TPSA) is 93.7 Å². The zero-order valence-electron chi connectivity index (χ0n) is 27.6. The standard InChI is InChI=1S/C19H22Cl2F2N2O.C10H20N2O2.C5H12/c1-3-16(20)18(22)6-4-5-14-10-24-11-15(14)7-8-19(23)17(21)9-13(2)25-12-26;13-8-10-2-6-12(7-3-10)5-1-4-11-9-14;1-5(2,3)4/h3-4,6-9,12,14-15,24H,1,5,10-11H2,2H3,(H,25,26);9-10,13H,1-8H2,(H,11,14);1-4H3/b6-4-,8-7+,13-9+,18-16-,19-17-;;/t14-,15+;;/m0../s1. The van der Waals surface area contributed by atoms with E-state index in [1.807, 2.05) is 0 Å². The second kappa shape index (κ2) is 24.9. The van der Waals surface area contributed by atoms with Crippen LogP contribution in [0.3, 0.4) is 0 Å². The van der Waals surface area contributed by atoms with Gasteiger partial charge in [-0.3, -0.25) is 9.59 Å². The Morgan fingerprint density at radius 1 is 1.04 bits per heavy atom. The Morgan fingerprint density at radius 3 is 2.22 bits per heavy atom. The summed E-state index contributed by atoms with van der Waals surface area (Å²) in [6.45, 7) is 19.5. The number of allylic oxidation sites excluding steroid dienone is 10. The number of carbonyl (C=O) groups excluding carboxylic acids is 2. The number of halogens is 4. The van der Waals surface area contributed by atoms with Crippen LogP contribution in [0.4, 0.5) is 8.78 Å². The number of aliphatic hydroxyl groups excluding tert-OH is 1. The number of carbonyl (C=O) groups is 2. The molecule has 0 unspecified atom stereocenters. The summed E-state index contributed by atoms with van der Waals surface area (Å²) in [6.07, 6.45) is 13.8. The first-order chi connectivity index (χ1) is 21.2. The first kappa shape index (κ1) is 42.7. The summed E-state index contributed by atoms with van der Waals surface area (Å²) in [5, 5.41) is 17.1. The summed E-state index contributed by atoms with van der Waals surface area (Å²) in [7, 11) is 0. The lowest BCUT2D eigenvalue weighted by Crippen LogP contribution is -2.36. The molecule has 0 aromatic carbocycles. The van der Waals surface area contributed by atoms with Crippen molar-refractivity contribution in [3.63, 3.8) is 0 Å². The molecule has 0 aromatic heterocycles. The quantitative estimate of drug-likeness (QED) is 0.0864. The van der Waals surface area contributed by atoms with Gasteiger partial charge < -0.3 is 26.0 Å². The van der Waals surface area contributed by atoms with Crippen LogP contribution in [0.2, 0.25) is 0 Å². The molecular formula is C34H54Cl2F2N4O3. The van der Waals surface area contributed by atoms with Gasteiger partial charge in [-0.25, -0.2) is 8.78 Å². The summed E-state index contributed by atoms with van der Waals surface area (Å²) in [4.78, 5) is 22.7. The van der Waals surface area contributed by atoms with Crippen molar-refractivity contribution in [1.29, 1.82) is 0 Å². The van der Waals surface area contributed by atoms with E-state index in [1.54, 1.807) is 19.1 Å². The van der Waals surface area contributed by atoms with Crippen molar-refractivity contribution in [3.8, 4) is 0 Å². The smallest absolute Gasteiger partial charge is 0.211 e. The molecule has 2 atom stereocenters. The Kier molecular flexibility index (Phi) is 23.6. The molecule has 2 fully saturated rings. The Hall–Kier alpha value is -2.30. The van der Waals surface area contributed by atoms with Crippen molar-refractivity contribution in [3.05, 3.63) is 70.5 Å². The van der Waals surface area contributed by atoms with Gasteiger partial charge in [-0.15, -0.1) is 0 Å². The van der Waals surface area contributed by atoms with Crippen LogP contribution in [0.25, 0.3) is 0 Å². The van der Waals surface area contributed by atoms with Crippen LogP contribution in [0.1, 0.15) is 60.3 Å². The number of likely N-dealkylation sites (tertiary alicyclic amines) is 1. The van der Waals surface area contributed by atoms with E-state index in [0.717, 1.165) is 58.4 Å². The molecule has 2 aliphatic rings. The molecule has 0 radical (unpaired) electrons. The lowest BCUT2D eigenvalue weighted by molar-refractivity contribution is -0.110. The Balaban J connectivity index is 0.000000845. The van der Waals surface area contributed by atoms with Crippen LogP contribution >= 0.6 is 23.2 Å². The third-order valence-corrected chi connectivity index (χ3v) is 7.32. The number of aliphatic hydroxyl groups is 1. The molecule has 4 N–H and O–H groups in total. The highest BCUT2D eigenvalue weighted by Gasteiger charge is 2.24. The van der Waals surface area contributed by atoms with Gasteiger partial charge in [0.2, 0.25) is 12.8 Å². The summed E-state index contributed by atoms with van der Waals surface area (Å²) < 4.78 is 27.6. The number of rotatable bonds is 15. The molecule has 7 nitrogen and oxygen atoms in total. The highest BCUT2D eigenvalue weighted by molar-refractivity contribution is 6.31. The lowest BCUT2D eigenvalue weighted by atomic mass is 9.92. The molecule has 45 heavy (non-hydrogen) atoms. The number of hydrogen-bond acceptors (Lipinski definition) is 5. The zero-order chi connectivity index (χ0) is 34.3. The minimum atomic E-state index is -0.591. The number of nitrogens with one attached hydrogen (secondary N) is 3. The second-order valence-corrected chi connectivity index (χ2v) is 13.5. The molecule has 0 bridgehead atoms. The van der Waals surface area contributed by atoms with Crippen LogP contribution in [-0.2, 0) is 9.59 Å². The molecule has 0 aromatic rings. The van der Waals surface area contributed by atoms with Gasteiger partial charge in [0.25, 0.3) is 0 Å². The van der Waals surface area contributed by atoms with Crippen molar-refractivity contribution < 1.29 is 23.5 Å². The van der Waals surface area contributed by atoms with E-state index in [4.69, 9.17) is 28.3 Å². The van der Waals surface area contributed by atoms with Crippen LogP contribution in [0.15, 0.2) is 70.5 Å². The number of amides is 2. The summed E-state index contributed by atoms with van der Waals surface area (Å²) in [5.74, 6) is -0.314. The molecule has 0 spiro atoms. The highest BCUT2D eigenvalue weighted by atomic mass is 35.5. The van der Waals surface area contributed by atoms with E-state index in [1.165, 1.54) is 24.3 Å². The van der Waals surface area contributed by atoms with E-state index in [-0.39, 0.29) is 21.9 Å². The minimum absolute atomic E-state index is 0.0310. The largest absolute Gasteiger partial charge is 0.396 e. The number of piperidine rings is 1. The molecule has 2 amide bonds. The van der Waals surface area contributed by atoms with Gasteiger partial charge >= 0.3 is 0 Å². The maximum atomic E-state index is 14.0. The first-order valence-corrected chi connectivity index (χ1v) is 16.2. The van der Waals surface area contributed by atoms with E-state index >= 15 is 0 Å². The normalized spacial score (nSPS) is 20.8. The number of nitrogens with zero attached hydrogens (tertiary/aromatic N) is 1. The molecular weight excluding hydrogens is 621 g/mol. The molecule has 256 valence electrons. The van der Waals surface area contributed by atoms with Gasteiger partial charge in [0.05, 0.1) is 10.1 Å². The van der Waals surface area contributed by atoms with E-state index in [2.05, 4.69) is 55.1 Å². The molecule has 2 aliphatic heterocycles. The predicted octanol–water partition coefficient (Wildman–Crippen LogP) is 6.88. The summed E-state index contributed by atoms with van der Waals surface area (Å²) >= 11 is 11.5. The predicted molar refractivity (Wildman–Crippen MR) is 184 cm³/mol. The zero-order valence-corrected chi connectivity index (χ0v) is 29.1. The van der Waals surface area contributed by atoms with Gasteiger partial charge in [-0.1, -0.05) is 69.6 Å².